The zero-order valence-corrected chi connectivity index (χ0v) is 13.2. The summed E-state index contributed by atoms with van der Waals surface area (Å²) in [5.41, 5.74) is 1.31. The van der Waals surface area contributed by atoms with Gasteiger partial charge in [0.25, 0.3) is 5.69 Å². The zero-order chi connectivity index (χ0) is 15.7. The molecule has 112 valence electrons. The molecule has 1 unspecified atom stereocenters. The molecule has 1 heterocycles. The first-order valence-corrected chi connectivity index (χ1v) is 7.02. The number of halogens is 2. The monoisotopic (exact) mass is 328 g/mol. The van der Waals surface area contributed by atoms with E-state index in [1.165, 1.54) is 12.1 Å². The van der Waals surface area contributed by atoms with Gasteiger partial charge in [0.1, 0.15) is 11.5 Å². The number of non-ortho nitro benzene ring substituents is 1. The molecule has 0 aliphatic heterocycles. The molecule has 0 aliphatic carbocycles. The maximum Gasteiger partial charge on any atom is 0.272 e. The summed E-state index contributed by atoms with van der Waals surface area (Å²) in [5, 5.41) is 14.3. The molecule has 0 fully saturated rings. The Morgan fingerprint density at radius 1 is 1.24 bits per heavy atom. The Morgan fingerprint density at radius 2 is 1.81 bits per heavy atom. The van der Waals surface area contributed by atoms with Crippen molar-refractivity contribution in [2.45, 2.75) is 26.8 Å². The van der Waals surface area contributed by atoms with Gasteiger partial charge in [0.15, 0.2) is 0 Å². The number of hydrogen-bond donors (Lipinski definition) is 1. The fourth-order valence-electron chi connectivity index (χ4n) is 2.18. The molecule has 0 aliphatic rings. The van der Waals surface area contributed by atoms with Gasteiger partial charge in [-0.05, 0) is 26.8 Å². The van der Waals surface area contributed by atoms with Gasteiger partial charge in [-0.3, -0.25) is 10.1 Å². The molecule has 0 amide bonds. The molecule has 7 heteroatoms. The van der Waals surface area contributed by atoms with E-state index in [4.69, 9.17) is 27.6 Å². The third kappa shape index (κ3) is 3.31. The van der Waals surface area contributed by atoms with Crippen LogP contribution in [0.15, 0.2) is 22.6 Å². The molecule has 2 aromatic rings. The first-order chi connectivity index (χ1) is 9.79. The number of nitrogens with one attached hydrogen (secondary N) is 1. The highest BCUT2D eigenvalue weighted by Gasteiger charge is 2.18. The van der Waals surface area contributed by atoms with Gasteiger partial charge in [-0.15, -0.1) is 0 Å². The SMILES string of the molecule is Cc1cc(C(C)Nc2c(Cl)cc([N+](=O)[O-])cc2Cl)c(C)o1. The average molecular weight is 329 g/mol. The Labute approximate surface area is 132 Å². The third-order valence-corrected chi connectivity index (χ3v) is 3.74. The number of benzene rings is 1. The zero-order valence-electron chi connectivity index (χ0n) is 11.7. The van der Waals surface area contributed by atoms with Gasteiger partial charge >= 0.3 is 0 Å². The Hall–Kier alpha value is -1.72. The van der Waals surface area contributed by atoms with Crippen LogP contribution in [0.4, 0.5) is 11.4 Å². The van der Waals surface area contributed by atoms with E-state index < -0.39 is 4.92 Å². The van der Waals surface area contributed by atoms with E-state index in [9.17, 15) is 10.1 Å². The van der Waals surface area contributed by atoms with Crippen molar-refractivity contribution in [2.24, 2.45) is 0 Å². The molecule has 1 N–H and O–H groups in total. The molecule has 1 aromatic carbocycles. The van der Waals surface area contributed by atoms with E-state index in [0.29, 0.717) is 5.69 Å². The highest BCUT2D eigenvalue weighted by molar-refractivity contribution is 6.39. The Bertz CT molecular complexity index is 675. The summed E-state index contributed by atoms with van der Waals surface area (Å²) in [4.78, 5) is 10.2. The maximum atomic E-state index is 10.8. The highest BCUT2D eigenvalue weighted by Crippen LogP contribution is 2.37. The molecule has 1 atom stereocenters. The Balaban J connectivity index is 2.31. The third-order valence-electron chi connectivity index (χ3n) is 3.14. The van der Waals surface area contributed by atoms with Gasteiger partial charge in [0.2, 0.25) is 0 Å². The van der Waals surface area contributed by atoms with Crippen LogP contribution < -0.4 is 5.32 Å². The number of anilines is 1. The van der Waals surface area contributed by atoms with Gasteiger partial charge in [-0.1, -0.05) is 23.2 Å². The van der Waals surface area contributed by atoms with E-state index in [1.807, 2.05) is 26.8 Å². The second-order valence-corrected chi connectivity index (χ2v) is 5.59. The number of hydrogen-bond acceptors (Lipinski definition) is 4. The van der Waals surface area contributed by atoms with Crippen LogP contribution >= 0.6 is 23.2 Å². The summed E-state index contributed by atoms with van der Waals surface area (Å²) < 4.78 is 5.49. The van der Waals surface area contributed by atoms with Crippen LogP contribution in [0.5, 0.6) is 0 Å². The minimum Gasteiger partial charge on any atom is -0.466 e. The van der Waals surface area contributed by atoms with Crippen molar-refractivity contribution in [3.8, 4) is 0 Å². The molecule has 5 nitrogen and oxygen atoms in total. The van der Waals surface area contributed by atoms with Crippen LogP contribution in [0.1, 0.15) is 30.0 Å². The smallest absolute Gasteiger partial charge is 0.272 e. The van der Waals surface area contributed by atoms with E-state index in [2.05, 4.69) is 5.32 Å². The van der Waals surface area contributed by atoms with E-state index in [0.717, 1.165) is 17.1 Å². The lowest BCUT2D eigenvalue weighted by Crippen LogP contribution is -2.08. The molecule has 0 bridgehead atoms. The van der Waals surface area contributed by atoms with Crippen LogP contribution in [0.25, 0.3) is 0 Å². The minimum absolute atomic E-state index is 0.0982. The lowest BCUT2D eigenvalue weighted by molar-refractivity contribution is -0.384. The summed E-state index contributed by atoms with van der Waals surface area (Å²) in [6, 6.07) is 4.38. The van der Waals surface area contributed by atoms with Gasteiger partial charge in [0, 0.05) is 17.7 Å². The summed E-state index contributed by atoms with van der Waals surface area (Å²) in [5.74, 6) is 1.62. The Morgan fingerprint density at radius 3 is 2.24 bits per heavy atom. The van der Waals surface area contributed by atoms with E-state index >= 15 is 0 Å². The second-order valence-electron chi connectivity index (χ2n) is 4.78. The molecular weight excluding hydrogens is 315 g/mol. The van der Waals surface area contributed by atoms with Crippen LogP contribution in [0.3, 0.4) is 0 Å². The van der Waals surface area contributed by atoms with Gasteiger partial charge in [0.05, 0.1) is 26.7 Å². The van der Waals surface area contributed by atoms with Crippen LogP contribution in [-0.2, 0) is 0 Å². The molecule has 0 saturated heterocycles. The first-order valence-electron chi connectivity index (χ1n) is 6.26. The number of furan rings is 1. The normalized spacial score (nSPS) is 12.2. The number of nitro benzene ring substituents is 1. The van der Waals surface area contributed by atoms with E-state index in [1.54, 1.807) is 0 Å². The molecule has 1 aromatic heterocycles. The topological polar surface area (TPSA) is 68.3 Å². The van der Waals surface area contributed by atoms with Crippen LogP contribution in [0.2, 0.25) is 10.0 Å². The van der Waals surface area contributed by atoms with Crippen LogP contribution in [-0.4, -0.2) is 4.92 Å². The van der Waals surface area contributed by atoms with Crippen molar-refractivity contribution in [1.82, 2.24) is 0 Å². The average Bonchev–Trinajstić information content (AvgIpc) is 2.72. The number of nitrogens with zero attached hydrogens (tertiary/aromatic N) is 1. The molecule has 21 heavy (non-hydrogen) atoms. The van der Waals surface area contributed by atoms with Crippen LogP contribution in [0, 0.1) is 24.0 Å². The summed E-state index contributed by atoms with van der Waals surface area (Å²) >= 11 is 12.2. The largest absolute Gasteiger partial charge is 0.466 e. The second kappa shape index (κ2) is 5.95. The summed E-state index contributed by atoms with van der Waals surface area (Å²) in [7, 11) is 0. The van der Waals surface area contributed by atoms with Crippen molar-refractivity contribution < 1.29 is 9.34 Å². The van der Waals surface area contributed by atoms with Gasteiger partial charge < -0.3 is 9.73 Å². The molecule has 0 spiro atoms. The van der Waals surface area contributed by atoms with Crippen molar-refractivity contribution in [3.63, 3.8) is 0 Å². The maximum absolute atomic E-state index is 10.8. The fourth-order valence-corrected chi connectivity index (χ4v) is 2.76. The van der Waals surface area contributed by atoms with Crippen molar-refractivity contribution in [2.75, 3.05) is 5.32 Å². The quantitative estimate of drug-likeness (QED) is 0.612. The number of rotatable bonds is 4. The predicted octanol–water partition coefficient (Wildman–Crippen LogP) is 5.28. The number of nitro groups is 1. The first kappa shape index (κ1) is 15.7. The van der Waals surface area contributed by atoms with E-state index in [-0.39, 0.29) is 21.8 Å². The fraction of sp³-hybridized carbons (Fsp3) is 0.286. The van der Waals surface area contributed by atoms with Crippen molar-refractivity contribution in [3.05, 3.63) is 55.4 Å². The molecule has 2 rings (SSSR count). The Kier molecular flexibility index (Phi) is 4.44. The van der Waals surface area contributed by atoms with Crippen molar-refractivity contribution in [1.29, 1.82) is 0 Å². The minimum atomic E-state index is -0.533. The summed E-state index contributed by atoms with van der Waals surface area (Å²) in [6.07, 6.45) is 0. The highest BCUT2D eigenvalue weighted by atomic mass is 35.5. The van der Waals surface area contributed by atoms with Crippen molar-refractivity contribution >= 4 is 34.6 Å². The molecule has 0 saturated carbocycles. The number of aryl methyl sites for hydroxylation is 2. The lowest BCUT2D eigenvalue weighted by Gasteiger charge is -2.17. The van der Waals surface area contributed by atoms with Gasteiger partial charge in [-0.25, -0.2) is 0 Å². The molecule has 0 radical (unpaired) electrons. The standard InChI is InChI=1S/C14H14Cl2N2O3/c1-7-4-11(9(3)21-7)8(2)17-14-12(15)5-10(18(19)20)6-13(14)16/h4-6,8,17H,1-3H3. The predicted molar refractivity (Wildman–Crippen MR) is 83.3 cm³/mol. The van der Waals surface area contributed by atoms with Gasteiger partial charge in [-0.2, -0.15) is 0 Å². The lowest BCUT2D eigenvalue weighted by atomic mass is 10.1. The molecular formula is C14H14Cl2N2O3. The summed E-state index contributed by atoms with van der Waals surface area (Å²) in [6.45, 7) is 5.68.